The third kappa shape index (κ3) is 3.80. The van der Waals surface area contributed by atoms with Crippen LogP contribution in [0.3, 0.4) is 0 Å². The fraction of sp³-hybridized carbons (Fsp3) is 0.182. The van der Waals surface area contributed by atoms with Gasteiger partial charge in [0.2, 0.25) is 5.91 Å². The normalized spacial score (nSPS) is 15.5. The summed E-state index contributed by atoms with van der Waals surface area (Å²) in [6.07, 6.45) is 3.12. The summed E-state index contributed by atoms with van der Waals surface area (Å²) in [5.74, 6) is -0.184. The van der Waals surface area contributed by atoms with Gasteiger partial charge in [-0.2, -0.15) is 0 Å². The number of hydrogen-bond acceptors (Lipinski definition) is 5. The van der Waals surface area contributed by atoms with Crippen molar-refractivity contribution in [1.82, 2.24) is 9.97 Å². The zero-order valence-electron chi connectivity index (χ0n) is 15.9. The number of fused-ring (bicyclic) bond motifs is 1. The van der Waals surface area contributed by atoms with Crippen LogP contribution in [0.1, 0.15) is 29.4 Å². The number of hydrogen-bond donors (Lipinski definition) is 3. The molecule has 0 saturated heterocycles. The first-order chi connectivity index (χ1) is 14.0. The summed E-state index contributed by atoms with van der Waals surface area (Å²) in [6.45, 7) is 1.42. The molecule has 1 atom stereocenters. The van der Waals surface area contributed by atoms with Gasteiger partial charge in [0.25, 0.3) is 0 Å². The molecule has 1 aromatic carbocycles. The highest BCUT2D eigenvalue weighted by molar-refractivity contribution is 6.08. The van der Waals surface area contributed by atoms with E-state index in [0.29, 0.717) is 29.2 Å². The number of carbonyl (C=O) groups excluding carboxylic acids is 3. The van der Waals surface area contributed by atoms with E-state index in [1.165, 1.54) is 6.92 Å². The maximum Gasteiger partial charge on any atom is 0.222 e. The van der Waals surface area contributed by atoms with Gasteiger partial charge in [-0.05, 0) is 30.7 Å². The first-order valence-electron chi connectivity index (χ1n) is 9.34. The number of aldehydes is 1. The van der Waals surface area contributed by atoms with Gasteiger partial charge >= 0.3 is 0 Å². The molecular weight excluding hydrogens is 368 g/mol. The van der Waals surface area contributed by atoms with Crippen LogP contribution in [0.5, 0.6) is 0 Å². The van der Waals surface area contributed by atoms with Gasteiger partial charge in [-0.1, -0.05) is 18.2 Å². The average Bonchev–Trinajstić information content (AvgIpc) is 3.07. The van der Waals surface area contributed by atoms with Crippen molar-refractivity contribution >= 4 is 35.2 Å². The van der Waals surface area contributed by atoms with Gasteiger partial charge in [-0.15, -0.1) is 0 Å². The van der Waals surface area contributed by atoms with E-state index in [1.807, 2.05) is 30.3 Å². The lowest BCUT2D eigenvalue weighted by Crippen LogP contribution is -2.20. The molecule has 7 nitrogen and oxygen atoms in total. The lowest BCUT2D eigenvalue weighted by molar-refractivity contribution is -0.114. The Kier molecular flexibility index (Phi) is 4.95. The van der Waals surface area contributed by atoms with Crippen molar-refractivity contribution in [2.45, 2.75) is 19.8 Å². The summed E-state index contributed by atoms with van der Waals surface area (Å²) in [4.78, 5) is 43.0. The minimum Gasteiger partial charge on any atom is -0.356 e. The van der Waals surface area contributed by atoms with Gasteiger partial charge in [0.15, 0.2) is 5.78 Å². The van der Waals surface area contributed by atoms with E-state index in [0.717, 1.165) is 23.2 Å². The highest BCUT2D eigenvalue weighted by atomic mass is 16.1. The number of para-hydroxylation sites is 1. The van der Waals surface area contributed by atoms with Crippen LogP contribution < -0.4 is 10.6 Å². The summed E-state index contributed by atoms with van der Waals surface area (Å²) in [7, 11) is 0. The fourth-order valence-corrected chi connectivity index (χ4v) is 3.63. The molecule has 7 heteroatoms. The number of anilines is 3. The van der Waals surface area contributed by atoms with Crippen LogP contribution in [0.25, 0.3) is 11.3 Å². The molecule has 3 N–H and O–H groups in total. The molecule has 0 saturated carbocycles. The maximum absolute atomic E-state index is 12.8. The Bertz CT molecular complexity index is 1090. The third-order valence-corrected chi connectivity index (χ3v) is 4.86. The standard InChI is InChI=1S/C22H20N4O3/c1-13(28)24-19-11-15(7-8-23-19)21-22(25-16-5-3-2-4-6-16)20-17(26-21)9-14(12-27)10-18(20)29/h2-8,11-12,14,25-26H,9-10H2,1H3,(H,23,24,28). The van der Waals surface area contributed by atoms with Crippen LogP contribution in [0.15, 0.2) is 48.7 Å². The van der Waals surface area contributed by atoms with Crippen LogP contribution in [0.4, 0.5) is 17.2 Å². The summed E-state index contributed by atoms with van der Waals surface area (Å²) in [5, 5.41) is 6.03. The van der Waals surface area contributed by atoms with Crippen LogP contribution in [-0.2, 0) is 16.0 Å². The molecule has 4 rings (SSSR count). The SMILES string of the molecule is CC(=O)Nc1cc(-c2[nH]c3c(c2Nc2ccccc2)C(=O)CC(C=O)C3)ccn1. The average molecular weight is 388 g/mol. The Balaban J connectivity index is 1.84. The number of ketones is 1. The predicted octanol–water partition coefficient (Wildman–Crippen LogP) is 3.72. The number of Topliss-reactive ketones (excluding diaryl/α,β-unsaturated/α-hetero) is 1. The second-order valence-electron chi connectivity index (χ2n) is 7.06. The maximum atomic E-state index is 12.8. The van der Waals surface area contributed by atoms with E-state index < -0.39 is 0 Å². The lowest BCUT2D eigenvalue weighted by atomic mass is 9.87. The number of nitrogens with one attached hydrogen (secondary N) is 3. The molecule has 3 aromatic rings. The molecule has 0 spiro atoms. The first-order valence-corrected chi connectivity index (χ1v) is 9.34. The van der Waals surface area contributed by atoms with Crippen LogP contribution >= 0.6 is 0 Å². The number of nitrogens with zero attached hydrogens (tertiary/aromatic N) is 1. The predicted molar refractivity (Wildman–Crippen MR) is 110 cm³/mol. The number of carbonyl (C=O) groups is 3. The Morgan fingerprint density at radius 3 is 2.72 bits per heavy atom. The summed E-state index contributed by atoms with van der Waals surface area (Å²) < 4.78 is 0. The van der Waals surface area contributed by atoms with Crippen molar-refractivity contribution in [1.29, 1.82) is 0 Å². The summed E-state index contributed by atoms with van der Waals surface area (Å²) in [6, 6.07) is 13.1. The quantitative estimate of drug-likeness (QED) is 0.578. The third-order valence-electron chi connectivity index (χ3n) is 4.86. The van der Waals surface area contributed by atoms with E-state index >= 15 is 0 Å². The van der Waals surface area contributed by atoms with E-state index in [-0.39, 0.29) is 24.0 Å². The second kappa shape index (κ2) is 7.71. The van der Waals surface area contributed by atoms with Crippen LogP contribution in [0, 0.1) is 5.92 Å². The molecule has 2 heterocycles. The minimum absolute atomic E-state index is 0.0691. The first kappa shape index (κ1) is 18.6. The monoisotopic (exact) mass is 388 g/mol. The fourth-order valence-electron chi connectivity index (χ4n) is 3.63. The van der Waals surface area contributed by atoms with Crippen LogP contribution in [-0.4, -0.2) is 27.9 Å². The van der Waals surface area contributed by atoms with Gasteiger partial charge in [-0.3, -0.25) is 9.59 Å². The van der Waals surface area contributed by atoms with Crippen LogP contribution in [0.2, 0.25) is 0 Å². The number of pyridine rings is 1. The van der Waals surface area contributed by atoms with Gasteiger partial charge in [0, 0.05) is 42.4 Å². The molecule has 1 unspecified atom stereocenters. The number of H-pyrrole nitrogens is 1. The van der Waals surface area contributed by atoms with Crippen molar-refractivity contribution in [3.8, 4) is 11.3 Å². The molecule has 0 fully saturated rings. The second-order valence-corrected chi connectivity index (χ2v) is 7.06. The number of aromatic nitrogens is 2. The minimum atomic E-state index is -0.321. The smallest absolute Gasteiger partial charge is 0.222 e. The molecule has 1 amide bonds. The molecule has 1 aliphatic rings. The lowest BCUT2D eigenvalue weighted by Gasteiger charge is -2.17. The highest BCUT2D eigenvalue weighted by Gasteiger charge is 2.31. The summed E-state index contributed by atoms with van der Waals surface area (Å²) in [5.41, 5.74) is 4.32. The Labute approximate surface area is 167 Å². The van der Waals surface area contributed by atoms with E-state index in [1.54, 1.807) is 18.3 Å². The Morgan fingerprint density at radius 1 is 1.21 bits per heavy atom. The molecule has 2 aromatic heterocycles. The van der Waals surface area contributed by atoms with Gasteiger partial charge in [0.1, 0.15) is 12.1 Å². The van der Waals surface area contributed by atoms with E-state index in [9.17, 15) is 14.4 Å². The molecule has 0 radical (unpaired) electrons. The number of benzene rings is 1. The van der Waals surface area contributed by atoms with Gasteiger partial charge in [-0.25, -0.2) is 4.98 Å². The van der Waals surface area contributed by atoms with Crippen molar-refractivity contribution < 1.29 is 14.4 Å². The number of amides is 1. The molecule has 29 heavy (non-hydrogen) atoms. The van der Waals surface area contributed by atoms with Gasteiger partial charge in [0.05, 0.1) is 16.9 Å². The van der Waals surface area contributed by atoms with Crippen molar-refractivity contribution in [2.75, 3.05) is 10.6 Å². The zero-order chi connectivity index (χ0) is 20.4. The molecule has 0 aliphatic heterocycles. The molecular formula is C22H20N4O3. The molecule has 1 aliphatic carbocycles. The van der Waals surface area contributed by atoms with Crippen molar-refractivity contribution in [3.05, 3.63) is 59.9 Å². The number of rotatable bonds is 5. The number of aromatic amines is 1. The van der Waals surface area contributed by atoms with E-state index in [4.69, 9.17) is 0 Å². The molecule has 146 valence electrons. The largest absolute Gasteiger partial charge is 0.356 e. The topological polar surface area (TPSA) is 104 Å². The van der Waals surface area contributed by atoms with Crippen molar-refractivity contribution in [3.63, 3.8) is 0 Å². The van der Waals surface area contributed by atoms with Crippen molar-refractivity contribution in [2.24, 2.45) is 5.92 Å². The van der Waals surface area contributed by atoms with E-state index in [2.05, 4.69) is 20.6 Å². The summed E-state index contributed by atoms with van der Waals surface area (Å²) >= 11 is 0. The zero-order valence-corrected chi connectivity index (χ0v) is 15.9. The molecule has 0 bridgehead atoms. The Morgan fingerprint density at radius 2 is 2.00 bits per heavy atom. The van der Waals surface area contributed by atoms with Gasteiger partial charge < -0.3 is 20.4 Å². The highest BCUT2D eigenvalue weighted by Crippen LogP contribution is 2.39. The Hall–Kier alpha value is -3.74.